The number of carboxylic acids is 1. The summed E-state index contributed by atoms with van der Waals surface area (Å²) in [7, 11) is 0. The first-order valence-corrected chi connectivity index (χ1v) is 3.44. The highest BCUT2D eigenvalue weighted by molar-refractivity contribution is 14.1. The molecule has 3 heteroatoms. The lowest BCUT2D eigenvalue weighted by Gasteiger charge is -1.78. The number of hydrogen-bond donors (Lipinski definition) is 1. The van der Waals surface area contributed by atoms with Crippen LogP contribution in [0, 0.1) is 0 Å². The van der Waals surface area contributed by atoms with Crippen molar-refractivity contribution in [2.75, 3.05) is 0 Å². The summed E-state index contributed by atoms with van der Waals surface area (Å²) in [5, 5.41) is 8.11. The molecule has 0 atom stereocenters. The molecule has 0 aromatic carbocycles. The van der Waals surface area contributed by atoms with Gasteiger partial charge in [0, 0.05) is 6.08 Å². The number of hydrogen-bond acceptors (Lipinski definition) is 1. The highest BCUT2D eigenvalue weighted by Gasteiger charge is 1.80. The van der Waals surface area contributed by atoms with Crippen LogP contribution in [0.2, 0.25) is 0 Å². The van der Waals surface area contributed by atoms with Crippen molar-refractivity contribution in [3.8, 4) is 0 Å². The van der Waals surface area contributed by atoms with Crippen LogP contribution in [0.1, 0.15) is 6.92 Å². The summed E-state index contributed by atoms with van der Waals surface area (Å²) in [5.41, 5.74) is 0. The minimum absolute atomic E-state index is 0.913. The van der Waals surface area contributed by atoms with E-state index in [4.69, 9.17) is 5.11 Å². The van der Waals surface area contributed by atoms with E-state index in [0.717, 1.165) is 9.66 Å². The maximum Gasteiger partial charge on any atom is 0.328 e. The van der Waals surface area contributed by atoms with Crippen LogP contribution in [-0.2, 0) is 4.79 Å². The number of carbonyl (C=O) groups is 1. The third-order valence-electron chi connectivity index (χ3n) is 0.565. The summed E-state index contributed by atoms with van der Waals surface area (Å²) >= 11 is 2.11. The Labute approximate surface area is 67.4 Å². The third-order valence-corrected chi connectivity index (χ3v) is 0.924. The van der Waals surface area contributed by atoms with Crippen LogP contribution < -0.4 is 0 Å². The largest absolute Gasteiger partial charge is 0.478 e. The van der Waals surface area contributed by atoms with Crippen molar-refractivity contribution in [1.82, 2.24) is 0 Å². The Kier molecular flexibility index (Phi) is 4.39. The highest BCUT2D eigenvalue weighted by Crippen LogP contribution is 2.01. The number of halogens is 1. The predicted octanol–water partition coefficient (Wildman–Crippen LogP) is 1.97. The zero-order valence-electron chi connectivity index (χ0n) is 4.97. The summed E-state index contributed by atoms with van der Waals surface area (Å²) in [6.45, 7) is 1.90. The first kappa shape index (κ1) is 8.68. The standard InChI is InChI=1S/C6H7IO2/c1-5(7)3-2-4-6(8)9/h2-4H,1H3,(H,8,9)/b4-2+,5-3-. The number of carboxylic acid groups (broad SMARTS) is 1. The Morgan fingerprint density at radius 3 is 2.56 bits per heavy atom. The van der Waals surface area contributed by atoms with Gasteiger partial charge in [0.05, 0.1) is 0 Å². The Bertz CT molecular complexity index is 154. The van der Waals surface area contributed by atoms with Crippen LogP contribution in [0.25, 0.3) is 0 Å². The molecule has 0 aromatic rings. The molecule has 1 N–H and O–H groups in total. The maximum atomic E-state index is 9.86. The lowest BCUT2D eigenvalue weighted by atomic mass is 10.4. The first-order chi connectivity index (χ1) is 4.13. The molecule has 0 saturated heterocycles. The molecule has 0 aliphatic carbocycles. The van der Waals surface area contributed by atoms with Crippen LogP contribution in [0.5, 0.6) is 0 Å². The lowest BCUT2D eigenvalue weighted by Crippen LogP contribution is -1.84. The molecular formula is C6H7IO2. The third kappa shape index (κ3) is 7.68. The van der Waals surface area contributed by atoms with E-state index in [-0.39, 0.29) is 0 Å². The van der Waals surface area contributed by atoms with Crippen molar-refractivity contribution < 1.29 is 9.90 Å². The van der Waals surface area contributed by atoms with Crippen molar-refractivity contribution in [3.05, 3.63) is 21.8 Å². The normalized spacial score (nSPS) is 12.4. The molecule has 2 nitrogen and oxygen atoms in total. The monoisotopic (exact) mass is 238 g/mol. The van der Waals surface area contributed by atoms with Crippen molar-refractivity contribution >= 4 is 28.6 Å². The summed E-state index contributed by atoms with van der Waals surface area (Å²) in [6.07, 6.45) is 4.33. The van der Waals surface area contributed by atoms with Gasteiger partial charge in [-0.2, -0.15) is 0 Å². The molecule has 0 unspecified atom stereocenters. The fraction of sp³-hybridized carbons (Fsp3) is 0.167. The minimum atomic E-state index is -0.913. The molecular weight excluding hydrogens is 231 g/mol. The zero-order chi connectivity index (χ0) is 7.28. The second kappa shape index (κ2) is 4.55. The number of aliphatic carboxylic acids is 1. The van der Waals surface area contributed by atoms with E-state index < -0.39 is 5.97 Å². The topological polar surface area (TPSA) is 37.3 Å². The van der Waals surface area contributed by atoms with Gasteiger partial charge in [0.25, 0.3) is 0 Å². The van der Waals surface area contributed by atoms with Crippen LogP contribution in [-0.4, -0.2) is 11.1 Å². The second-order valence-electron chi connectivity index (χ2n) is 1.45. The van der Waals surface area contributed by atoms with E-state index >= 15 is 0 Å². The quantitative estimate of drug-likeness (QED) is 0.453. The van der Waals surface area contributed by atoms with Gasteiger partial charge in [-0.25, -0.2) is 4.79 Å². The molecule has 0 heterocycles. The Balaban J connectivity index is 3.74. The van der Waals surface area contributed by atoms with Gasteiger partial charge in [-0.15, -0.1) is 0 Å². The molecule has 0 rings (SSSR count). The van der Waals surface area contributed by atoms with Crippen LogP contribution in [0.15, 0.2) is 21.8 Å². The van der Waals surface area contributed by atoms with E-state index in [0.29, 0.717) is 0 Å². The molecule has 0 aliphatic rings. The molecule has 0 spiro atoms. The summed E-state index contributed by atoms with van der Waals surface area (Å²) in [6, 6.07) is 0. The lowest BCUT2D eigenvalue weighted by molar-refractivity contribution is -0.131. The summed E-state index contributed by atoms with van der Waals surface area (Å²) < 4.78 is 1.06. The molecule has 0 aliphatic heterocycles. The van der Waals surface area contributed by atoms with Crippen molar-refractivity contribution in [1.29, 1.82) is 0 Å². The van der Waals surface area contributed by atoms with Gasteiger partial charge in [-0.05, 0) is 33.1 Å². The number of rotatable bonds is 2. The van der Waals surface area contributed by atoms with Crippen LogP contribution in [0.4, 0.5) is 0 Å². The molecule has 0 aromatic heterocycles. The van der Waals surface area contributed by atoms with Crippen LogP contribution >= 0.6 is 22.6 Å². The van der Waals surface area contributed by atoms with Gasteiger partial charge < -0.3 is 5.11 Å². The fourth-order valence-corrected chi connectivity index (χ4v) is 0.471. The Morgan fingerprint density at radius 2 is 2.22 bits per heavy atom. The molecule has 50 valence electrons. The molecule has 0 saturated carbocycles. The first-order valence-electron chi connectivity index (χ1n) is 2.36. The molecule has 0 fully saturated rings. The van der Waals surface area contributed by atoms with E-state index in [1.807, 2.05) is 6.92 Å². The minimum Gasteiger partial charge on any atom is -0.478 e. The van der Waals surface area contributed by atoms with Gasteiger partial charge in [0.15, 0.2) is 0 Å². The highest BCUT2D eigenvalue weighted by atomic mass is 127. The molecule has 9 heavy (non-hydrogen) atoms. The second-order valence-corrected chi connectivity index (χ2v) is 3.15. The Morgan fingerprint density at radius 1 is 1.67 bits per heavy atom. The van der Waals surface area contributed by atoms with E-state index in [1.54, 1.807) is 6.08 Å². The van der Waals surface area contributed by atoms with E-state index in [9.17, 15) is 4.79 Å². The van der Waals surface area contributed by atoms with Gasteiger partial charge in [-0.1, -0.05) is 12.2 Å². The van der Waals surface area contributed by atoms with Gasteiger partial charge >= 0.3 is 5.97 Å². The summed E-state index contributed by atoms with van der Waals surface area (Å²) in [4.78, 5) is 9.86. The van der Waals surface area contributed by atoms with Crippen LogP contribution in [0.3, 0.4) is 0 Å². The average molecular weight is 238 g/mol. The van der Waals surface area contributed by atoms with Crippen molar-refractivity contribution in [2.45, 2.75) is 6.92 Å². The van der Waals surface area contributed by atoms with E-state index in [2.05, 4.69) is 22.6 Å². The van der Waals surface area contributed by atoms with Crippen molar-refractivity contribution in [3.63, 3.8) is 0 Å². The zero-order valence-corrected chi connectivity index (χ0v) is 7.12. The predicted molar refractivity (Wildman–Crippen MR) is 44.6 cm³/mol. The van der Waals surface area contributed by atoms with Crippen molar-refractivity contribution in [2.24, 2.45) is 0 Å². The molecule has 0 bridgehead atoms. The molecule has 0 radical (unpaired) electrons. The SMILES string of the molecule is C/C(I)=C/C=C/C(=O)O. The maximum absolute atomic E-state index is 9.86. The van der Waals surface area contributed by atoms with Gasteiger partial charge in [-0.3, -0.25) is 0 Å². The average Bonchev–Trinajstić information content (AvgIpc) is 1.63. The molecule has 0 amide bonds. The summed E-state index contributed by atoms with van der Waals surface area (Å²) in [5.74, 6) is -0.913. The fourth-order valence-electron chi connectivity index (χ4n) is 0.263. The van der Waals surface area contributed by atoms with E-state index in [1.165, 1.54) is 6.08 Å². The Hall–Kier alpha value is -0.320. The van der Waals surface area contributed by atoms with Gasteiger partial charge in [0.1, 0.15) is 0 Å². The smallest absolute Gasteiger partial charge is 0.328 e. The van der Waals surface area contributed by atoms with Gasteiger partial charge in [0.2, 0.25) is 0 Å². The number of allylic oxidation sites excluding steroid dienone is 3.